The van der Waals surface area contributed by atoms with Gasteiger partial charge in [-0.2, -0.15) is 0 Å². The second-order valence-corrected chi connectivity index (χ2v) is 3.94. The Balaban J connectivity index is 2.94. The van der Waals surface area contributed by atoms with Crippen molar-refractivity contribution in [3.8, 4) is 0 Å². The number of carbonyl (C=O) groups excluding carboxylic acids is 1. The summed E-state index contributed by atoms with van der Waals surface area (Å²) in [5, 5.41) is 1.80. The molecule has 100 valence electrons. The van der Waals surface area contributed by atoms with Gasteiger partial charge in [-0.15, -0.1) is 0 Å². The highest BCUT2D eigenvalue weighted by Crippen LogP contribution is 2.24. The molecule has 3 N–H and O–H groups in total. The molecule has 0 fully saturated rings. The van der Waals surface area contributed by atoms with Gasteiger partial charge in [0, 0.05) is 12.5 Å². The van der Waals surface area contributed by atoms with Gasteiger partial charge in [0.25, 0.3) is 0 Å². The molecule has 0 spiro atoms. The molecule has 1 atom stereocenters. The van der Waals surface area contributed by atoms with E-state index >= 15 is 0 Å². The van der Waals surface area contributed by atoms with E-state index < -0.39 is 34.9 Å². The smallest absolute Gasteiger partial charge is 0.224 e. The highest BCUT2D eigenvalue weighted by molar-refractivity contribution is 5.91. The van der Waals surface area contributed by atoms with Crippen LogP contribution in [-0.2, 0) is 4.79 Å². The molecule has 0 aromatic heterocycles. The second kappa shape index (κ2) is 5.81. The standard InChI is InChI=1S/C11H12F4N2O/c1-5(4-16)2-8(18)17-11-9(14)6(12)3-7(13)10(11)15/h3,5H,2,4,16H2,1H3,(H,17,18). The number of benzene rings is 1. The summed E-state index contributed by atoms with van der Waals surface area (Å²) < 4.78 is 52.1. The molecule has 0 heterocycles. The van der Waals surface area contributed by atoms with Crippen LogP contribution in [0.15, 0.2) is 6.07 Å². The largest absolute Gasteiger partial charge is 0.330 e. The molecule has 1 amide bonds. The van der Waals surface area contributed by atoms with Crippen molar-refractivity contribution in [1.29, 1.82) is 0 Å². The molecular formula is C11H12F4N2O. The van der Waals surface area contributed by atoms with Crippen molar-refractivity contribution in [1.82, 2.24) is 0 Å². The van der Waals surface area contributed by atoms with Crippen LogP contribution < -0.4 is 11.1 Å². The van der Waals surface area contributed by atoms with Crippen molar-refractivity contribution in [2.45, 2.75) is 13.3 Å². The zero-order chi connectivity index (χ0) is 13.9. The molecule has 0 saturated heterocycles. The third-order valence-electron chi connectivity index (χ3n) is 2.31. The summed E-state index contributed by atoms with van der Waals surface area (Å²) in [7, 11) is 0. The minimum Gasteiger partial charge on any atom is -0.330 e. The third kappa shape index (κ3) is 3.19. The van der Waals surface area contributed by atoms with Crippen molar-refractivity contribution < 1.29 is 22.4 Å². The SMILES string of the molecule is CC(CN)CC(=O)Nc1c(F)c(F)cc(F)c1F. The average Bonchev–Trinajstić information content (AvgIpc) is 2.32. The Hall–Kier alpha value is -1.63. The van der Waals surface area contributed by atoms with E-state index in [1.54, 1.807) is 12.2 Å². The first-order valence-corrected chi connectivity index (χ1v) is 5.19. The summed E-state index contributed by atoms with van der Waals surface area (Å²) in [6.07, 6.45) is -0.104. The van der Waals surface area contributed by atoms with Crippen molar-refractivity contribution in [3.63, 3.8) is 0 Å². The van der Waals surface area contributed by atoms with E-state index in [0.717, 1.165) is 0 Å². The Bertz CT molecular complexity index is 439. The highest BCUT2D eigenvalue weighted by Gasteiger charge is 2.21. The fourth-order valence-corrected chi connectivity index (χ4v) is 1.27. The van der Waals surface area contributed by atoms with Crippen LogP contribution in [0, 0.1) is 29.2 Å². The van der Waals surface area contributed by atoms with E-state index in [1.807, 2.05) is 0 Å². The summed E-state index contributed by atoms with van der Waals surface area (Å²) in [5.41, 5.74) is 4.15. The molecule has 0 saturated carbocycles. The number of nitrogens with two attached hydrogens (primary N) is 1. The van der Waals surface area contributed by atoms with Gasteiger partial charge in [-0.05, 0) is 12.5 Å². The predicted octanol–water partition coefficient (Wildman–Crippen LogP) is 2.17. The summed E-state index contributed by atoms with van der Waals surface area (Å²) in [5.74, 6) is -7.40. The number of amides is 1. The molecule has 1 unspecified atom stereocenters. The van der Waals surface area contributed by atoms with E-state index in [4.69, 9.17) is 5.73 Å². The second-order valence-electron chi connectivity index (χ2n) is 3.94. The lowest BCUT2D eigenvalue weighted by Crippen LogP contribution is -2.21. The monoisotopic (exact) mass is 264 g/mol. The van der Waals surface area contributed by atoms with E-state index in [2.05, 4.69) is 0 Å². The van der Waals surface area contributed by atoms with E-state index in [9.17, 15) is 22.4 Å². The molecule has 7 heteroatoms. The number of halogens is 4. The number of rotatable bonds is 4. The Morgan fingerprint density at radius 1 is 1.28 bits per heavy atom. The molecule has 1 rings (SSSR count). The van der Waals surface area contributed by atoms with Gasteiger partial charge in [0.1, 0.15) is 5.69 Å². The number of nitrogens with one attached hydrogen (secondary N) is 1. The van der Waals surface area contributed by atoms with Crippen LogP contribution in [0.2, 0.25) is 0 Å². The number of carbonyl (C=O) groups is 1. The zero-order valence-corrected chi connectivity index (χ0v) is 9.57. The van der Waals surface area contributed by atoms with Gasteiger partial charge < -0.3 is 11.1 Å². The van der Waals surface area contributed by atoms with Crippen LogP contribution >= 0.6 is 0 Å². The minimum atomic E-state index is -1.64. The first kappa shape index (κ1) is 14.4. The Morgan fingerprint density at radius 2 is 1.78 bits per heavy atom. The van der Waals surface area contributed by atoms with E-state index in [0.29, 0.717) is 0 Å². The lowest BCUT2D eigenvalue weighted by atomic mass is 10.1. The molecule has 0 aliphatic rings. The lowest BCUT2D eigenvalue weighted by molar-refractivity contribution is -0.116. The Morgan fingerprint density at radius 3 is 2.22 bits per heavy atom. The highest BCUT2D eigenvalue weighted by atomic mass is 19.2. The van der Waals surface area contributed by atoms with Gasteiger partial charge in [-0.3, -0.25) is 4.79 Å². The van der Waals surface area contributed by atoms with E-state index in [-0.39, 0.29) is 24.9 Å². The molecule has 3 nitrogen and oxygen atoms in total. The third-order valence-corrected chi connectivity index (χ3v) is 2.31. The minimum absolute atomic E-state index is 0.0723. The summed E-state index contributed by atoms with van der Waals surface area (Å²) >= 11 is 0. The van der Waals surface area contributed by atoms with Gasteiger partial charge in [-0.1, -0.05) is 6.92 Å². The molecule has 0 aliphatic heterocycles. The van der Waals surface area contributed by atoms with Gasteiger partial charge in [0.05, 0.1) is 0 Å². The summed E-state index contributed by atoms with van der Waals surface area (Å²) in [6.45, 7) is 1.86. The maximum atomic E-state index is 13.2. The van der Waals surface area contributed by atoms with Crippen LogP contribution in [0.1, 0.15) is 13.3 Å². The molecular weight excluding hydrogens is 252 g/mol. The fraction of sp³-hybridized carbons (Fsp3) is 0.364. The maximum absolute atomic E-state index is 13.2. The summed E-state index contributed by atoms with van der Waals surface area (Å²) in [4.78, 5) is 11.4. The van der Waals surface area contributed by atoms with Crippen molar-refractivity contribution in [2.24, 2.45) is 11.7 Å². The molecule has 0 bridgehead atoms. The fourth-order valence-electron chi connectivity index (χ4n) is 1.27. The molecule has 0 aliphatic carbocycles. The number of hydrogen-bond donors (Lipinski definition) is 2. The Labute approximate surface area is 101 Å². The average molecular weight is 264 g/mol. The van der Waals surface area contributed by atoms with Gasteiger partial charge in [0.15, 0.2) is 23.3 Å². The number of hydrogen-bond acceptors (Lipinski definition) is 2. The lowest BCUT2D eigenvalue weighted by Gasteiger charge is -2.11. The van der Waals surface area contributed by atoms with Crippen molar-refractivity contribution in [2.75, 3.05) is 11.9 Å². The van der Waals surface area contributed by atoms with Gasteiger partial charge >= 0.3 is 0 Å². The first-order chi connectivity index (χ1) is 8.36. The van der Waals surface area contributed by atoms with Crippen LogP contribution in [0.4, 0.5) is 23.2 Å². The molecule has 18 heavy (non-hydrogen) atoms. The van der Waals surface area contributed by atoms with E-state index in [1.165, 1.54) is 0 Å². The normalized spacial score (nSPS) is 12.3. The van der Waals surface area contributed by atoms with Crippen LogP contribution in [-0.4, -0.2) is 12.5 Å². The van der Waals surface area contributed by atoms with Gasteiger partial charge in [-0.25, -0.2) is 17.6 Å². The van der Waals surface area contributed by atoms with Crippen LogP contribution in [0.5, 0.6) is 0 Å². The van der Waals surface area contributed by atoms with Crippen molar-refractivity contribution >= 4 is 11.6 Å². The van der Waals surface area contributed by atoms with Gasteiger partial charge in [0.2, 0.25) is 5.91 Å². The van der Waals surface area contributed by atoms with Crippen LogP contribution in [0.25, 0.3) is 0 Å². The topological polar surface area (TPSA) is 55.1 Å². The predicted molar refractivity (Wildman–Crippen MR) is 57.7 cm³/mol. The molecule has 1 aromatic carbocycles. The maximum Gasteiger partial charge on any atom is 0.224 e. The summed E-state index contributed by atoms with van der Waals surface area (Å²) in [6, 6.07) is 0.0723. The first-order valence-electron chi connectivity index (χ1n) is 5.19. The number of anilines is 1. The molecule has 0 radical (unpaired) electrons. The Kier molecular flexibility index (Phi) is 4.66. The zero-order valence-electron chi connectivity index (χ0n) is 9.57. The molecule has 1 aromatic rings. The van der Waals surface area contributed by atoms with Crippen molar-refractivity contribution in [3.05, 3.63) is 29.3 Å². The van der Waals surface area contributed by atoms with Crippen LogP contribution in [0.3, 0.4) is 0 Å². The quantitative estimate of drug-likeness (QED) is 0.646.